The third-order valence-corrected chi connectivity index (χ3v) is 2.13. The average Bonchev–Trinajstić information content (AvgIpc) is 2.28. The fourth-order valence-electron chi connectivity index (χ4n) is 1.27. The highest BCUT2D eigenvalue weighted by atomic mass is 16.5. The number of carbonyl (C=O) groups excluding carboxylic acids is 2. The normalized spacial score (nSPS) is 11.4. The fraction of sp³-hybridized carbons (Fsp3) is 0.273. The Labute approximate surface area is 104 Å². The first-order chi connectivity index (χ1) is 8.43. The second kappa shape index (κ2) is 5.76. The Balaban J connectivity index is 2.70. The number of imide groups is 1. The summed E-state index contributed by atoms with van der Waals surface area (Å²) in [6.45, 7) is 1.48. The number of nitrogens with one attached hydrogen (secondary N) is 1. The maximum Gasteiger partial charge on any atom is 0.318 e. The van der Waals surface area contributed by atoms with E-state index in [1.54, 1.807) is 12.1 Å². The smallest absolute Gasteiger partial charge is 0.318 e. The molecule has 0 bridgehead atoms. The quantitative estimate of drug-likeness (QED) is 0.664. The van der Waals surface area contributed by atoms with Crippen molar-refractivity contribution in [1.29, 1.82) is 0 Å². The third kappa shape index (κ3) is 3.55. The molecule has 98 valence electrons. The van der Waals surface area contributed by atoms with E-state index in [0.717, 1.165) is 0 Å². The van der Waals surface area contributed by atoms with Crippen molar-refractivity contribution in [2.24, 2.45) is 5.73 Å². The molecule has 0 aromatic heterocycles. The van der Waals surface area contributed by atoms with Crippen molar-refractivity contribution < 1.29 is 19.1 Å². The maximum atomic E-state index is 11.4. The predicted octanol–water partition coefficient (Wildman–Crippen LogP) is 0.240. The van der Waals surface area contributed by atoms with Crippen molar-refractivity contribution in [3.8, 4) is 11.5 Å². The Morgan fingerprint density at radius 2 is 2.06 bits per heavy atom. The third-order valence-electron chi connectivity index (χ3n) is 2.13. The van der Waals surface area contributed by atoms with E-state index in [1.807, 2.05) is 5.32 Å². The number of hydrogen-bond donors (Lipinski definition) is 3. The molecule has 1 aromatic rings. The van der Waals surface area contributed by atoms with Crippen LogP contribution in [0.1, 0.15) is 6.92 Å². The number of hydrogen-bond acceptors (Lipinski definition) is 5. The Morgan fingerprint density at radius 1 is 1.39 bits per heavy atom. The van der Waals surface area contributed by atoms with Crippen LogP contribution in [0.15, 0.2) is 18.2 Å². The summed E-state index contributed by atoms with van der Waals surface area (Å²) in [6, 6.07) is 3.81. The number of nitrogen functional groups attached to an aromatic ring is 1. The van der Waals surface area contributed by atoms with Crippen LogP contribution in [0.2, 0.25) is 0 Å². The fourth-order valence-corrected chi connectivity index (χ4v) is 1.27. The number of carbonyl (C=O) groups is 2. The Bertz CT molecular complexity index is 462. The van der Waals surface area contributed by atoms with Crippen LogP contribution in [-0.2, 0) is 4.79 Å². The number of ether oxygens (including phenoxy) is 2. The van der Waals surface area contributed by atoms with E-state index >= 15 is 0 Å². The average molecular weight is 253 g/mol. The minimum atomic E-state index is -0.926. The molecule has 0 aliphatic rings. The van der Waals surface area contributed by atoms with Crippen LogP contribution in [0.5, 0.6) is 11.5 Å². The van der Waals surface area contributed by atoms with Gasteiger partial charge in [0.05, 0.1) is 12.8 Å². The standard InChI is InChI=1S/C11H15N3O4/c1-6(10(15)14-11(13)16)18-7-3-4-9(17-2)8(12)5-7/h3-6H,12H2,1-2H3,(H3,13,14,15,16). The Kier molecular flexibility index (Phi) is 4.36. The predicted molar refractivity (Wildman–Crippen MR) is 65.2 cm³/mol. The highest BCUT2D eigenvalue weighted by molar-refractivity contribution is 5.95. The molecule has 0 saturated heterocycles. The number of primary amides is 1. The van der Waals surface area contributed by atoms with E-state index in [-0.39, 0.29) is 0 Å². The summed E-state index contributed by atoms with van der Waals surface area (Å²) < 4.78 is 10.3. The van der Waals surface area contributed by atoms with Crippen LogP contribution in [0.25, 0.3) is 0 Å². The molecule has 0 aliphatic heterocycles. The van der Waals surface area contributed by atoms with E-state index in [1.165, 1.54) is 20.1 Å². The number of benzene rings is 1. The van der Waals surface area contributed by atoms with Crippen LogP contribution in [0.3, 0.4) is 0 Å². The molecule has 1 rings (SSSR count). The second-order valence-corrected chi connectivity index (χ2v) is 3.52. The molecule has 7 nitrogen and oxygen atoms in total. The van der Waals surface area contributed by atoms with Gasteiger partial charge in [-0.15, -0.1) is 0 Å². The molecule has 3 amide bonds. The number of methoxy groups -OCH3 is 1. The SMILES string of the molecule is COc1ccc(OC(C)C(=O)NC(N)=O)cc1N. The largest absolute Gasteiger partial charge is 0.495 e. The zero-order valence-corrected chi connectivity index (χ0v) is 10.1. The summed E-state index contributed by atoms with van der Waals surface area (Å²) in [6.07, 6.45) is -0.870. The molecule has 18 heavy (non-hydrogen) atoms. The lowest BCUT2D eigenvalue weighted by atomic mass is 10.2. The minimum Gasteiger partial charge on any atom is -0.495 e. The molecule has 5 N–H and O–H groups in total. The molecule has 0 spiro atoms. The number of anilines is 1. The molecular weight excluding hydrogens is 238 g/mol. The maximum absolute atomic E-state index is 11.4. The van der Waals surface area contributed by atoms with E-state index in [4.69, 9.17) is 20.9 Å². The highest BCUT2D eigenvalue weighted by Crippen LogP contribution is 2.26. The van der Waals surface area contributed by atoms with Crippen LogP contribution in [-0.4, -0.2) is 25.2 Å². The molecule has 1 atom stereocenters. The molecule has 0 heterocycles. The van der Waals surface area contributed by atoms with E-state index in [9.17, 15) is 9.59 Å². The van der Waals surface area contributed by atoms with E-state index < -0.39 is 18.0 Å². The lowest BCUT2D eigenvalue weighted by Gasteiger charge is -2.14. The molecule has 1 unspecified atom stereocenters. The summed E-state index contributed by atoms with van der Waals surface area (Å²) >= 11 is 0. The second-order valence-electron chi connectivity index (χ2n) is 3.52. The van der Waals surface area contributed by atoms with Gasteiger partial charge in [-0.3, -0.25) is 10.1 Å². The number of urea groups is 1. The van der Waals surface area contributed by atoms with Gasteiger partial charge in [-0.05, 0) is 19.1 Å². The summed E-state index contributed by atoms with van der Waals surface area (Å²) in [7, 11) is 1.50. The molecular formula is C11H15N3O4. The van der Waals surface area contributed by atoms with Crippen molar-refractivity contribution in [3.63, 3.8) is 0 Å². The lowest BCUT2D eigenvalue weighted by molar-refractivity contribution is -0.126. The highest BCUT2D eigenvalue weighted by Gasteiger charge is 2.16. The molecule has 7 heteroatoms. The minimum absolute atomic E-state index is 0.387. The van der Waals surface area contributed by atoms with Gasteiger partial charge in [-0.1, -0.05) is 0 Å². The van der Waals surface area contributed by atoms with Gasteiger partial charge >= 0.3 is 6.03 Å². The summed E-state index contributed by atoms with van der Waals surface area (Å²) in [5.74, 6) is 0.272. The molecule has 0 aliphatic carbocycles. The summed E-state index contributed by atoms with van der Waals surface area (Å²) in [5.41, 5.74) is 10.9. The topological polar surface area (TPSA) is 117 Å². The van der Waals surface area contributed by atoms with Crippen LogP contribution in [0.4, 0.5) is 10.5 Å². The van der Waals surface area contributed by atoms with Gasteiger partial charge in [0.1, 0.15) is 11.5 Å². The summed E-state index contributed by atoms with van der Waals surface area (Å²) in [4.78, 5) is 21.9. The van der Waals surface area contributed by atoms with Gasteiger partial charge in [0.15, 0.2) is 6.10 Å². The molecule has 0 radical (unpaired) electrons. The zero-order valence-electron chi connectivity index (χ0n) is 10.1. The Morgan fingerprint density at radius 3 is 2.56 bits per heavy atom. The lowest BCUT2D eigenvalue weighted by Crippen LogP contribution is -2.42. The summed E-state index contributed by atoms with van der Waals surface area (Å²) in [5, 5.41) is 1.92. The van der Waals surface area contributed by atoms with E-state index in [2.05, 4.69) is 0 Å². The van der Waals surface area contributed by atoms with Gasteiger partial charge in [0.2, 0.25) is 0 Å². The first-order valence-electron chi connectivity index (χ1n) is 5.14. The number of nitrogens with two attached hydrogens (primary N) is 2. The van der Waals surface area contributed by atoms with Crippen molar-refractivity contribution in [2.75, 3.05) is 12.8 Å². The monoisotopic (exact) mass is 253 g/mol. The first kappa shape index (κ1) is 13.6. The van der Waals surface area contributed by atoms with Crippen molar-refractivity contribution in [3.05, 3.63) is 18.2 Å². The van der Waals surface area contributed by atoms with Crippen molar-refractivity contribution >= 4 is 17.6 Å². The number of rotatable bonds is 4. The van der Waals surface area contributed by atoms with Crippen molar-refractivity contribution in [2.45, 2.75) is 13.0 Å². The van der Waals surface area contributed by atoms with Crippen LogP contribution >= 0.6 is 0 Å². The van der Waals surface area contributed by atoms with Crippen LogP contribution in [0, 0.1) is 0 Å². The Hall–Kier alpha value is -2.44. The van der Waals surface area contributed by atoms with Crippen LogP contribution < -0.4 is 26.3 Å². The van der Waals surface area contributed by atoms with Gasteiger partial charge in [-0.25, -0.2) is 4.79 Å². The molecule has 1 aromatic carbocycles. The number of amides is 3. The van der Waals surface area contributed by atoms with Gasteiger partial charge in [0.25, 0.3) is 5.91 Å². The molecule has 0 fully saturated rings. The van der Waals surface area contributed by atoms with Gasteiger partial charge in [0, 0.05) is 6.07 Å². The van der Waals surface area contributed by atoms with Crippen molar-refractivity contribution in [1.82, 2.24) is 5.32 Å². The van der Waals surface area contributed by atoms with Gasteiger partial charge in [-0.2, -0.15) is 0 Å². The molecule has 0 saturated carbocycles. The van der Waals surface area contributed by atoms with E-state index in [0.29, 0.717) is 17.2 Å². The first-order valence-corrected chi connectivity index (χ1v) is 5.14. The van der Waals surface area contributed by atoms with Gasteiger partial charge < -0.3 is 20.9 Å². The zero-order chi connectivity index (χ0) is 13.7.